The molecule has 6 nitrogen and oxygen atoms in total. The summed E-state index contributed by atoms with van der Waals surface area (Å²) in [6, 6.07) is 13.1. The number of nitrogens with one attached hydrogen (secondary N) is 1. The Balaban J connectivity index is 2.01. The maximum atomic E-state index is 12.5. The van der Waals surface area contributed by atoms with E-state index < -0.39 is 10.0 Å². The third kappa shape index (κ3) is 6.49. The van der Waals surface area contributed by atoms with Gasteiger partial charge in [0.15, 0.2) is 0 Å². The fourth-order valence-corrected chi connectivity index (χ4v) is 4.48. The van der Waals surface area contributed by atoms with Crippen LogP contribution < -0.4 is 14.4 Å². The standard InChI is InChI=1S/C23H32N2O4S/c1-6-22(21-13-12-17(2)15-18(21)3)24-23(26)11-8-14-25(30(5,27)28)19-9-7-10-20(16-19)29-4/h7,9-10,12-13,15-16,22H,6,8,11,14H2,1-5H3,(H,24,26). The molecule has 0 radical (unpaired) electrons. The predicted molar refractivity (Wildman–Crippen MR) is 122 cm³/mol. The number of aryl methyl sites for hydroxylation is 2. The molecule has 1 unspecified atom stereocenters. The first-order chi connectivity index (χ1) is 14.2. The first-order valence-corrected chi connectivity index (χ1v) is 12.0. The molecule has 0 fully saturated rings. The molecule has 2 aromatic carbocycles. The summed E-state index contributed by atoms with van der Waals surface area (Å²) in [6.45, 7) is 6.36. The summed E-state index contributed by atoms with van der Waals surface area (Å²) in [5.41, 5.74) is 3.99. The van der Waals surface area contributed by atoms with Crippen molar-refractivity contribution in [3.8, 4) is 5.75 Å². The number of hydrogen-bond acceptors (Lipinski definition) is 4. The number of sulfonamides is 1. The second-order valence-electron chi connectivity index (χ2n) is 7.53. The Morgan fingerprint density at radius 1 is 1.17 bits per heavy atom. The molecule has 30 heavy (non-hydrogen) atoms. The molecule has 1 atom stereocenters. The fraction of sp³-hybridized carbons (Fsp3) is 0.435. The Labute approximate surface area is 180 Å². The van der Waals surface area contributed by atoms with Gasteiger partial charge >= 0.3 is 0 Å². The van der Waals surface area contributed by atoms with E-state index in [-0.39, 0.29) is 24.9 Å². The summed E-state index contributed by atoms with van der Waals surface area (Å²) >= 11 is 0. The van der Waals surface area contributed by atoms with Gasteiger partial charge in [0.2, 0.25) is 15.9 Å². The van der Waals surface area contributed by atoms with E-state index in [9.17, 15) is 13.2 Å². The lowest BCUT2D eigenvalue weighted by Crippen LogP contribution is -2.33. The molecule has 0 spiro atoms. The molecule has 1 N–H and O–H groups in total. The molecule has 0 aromatic heterocycles. The summed E-state index contributed by atoms with van der Waals surface area (Å²) in [7, 11) is -1.94. The van der Waals surface area contributed by atoms with Crippen molar-refractivity contribution < 1.29 is 17.9 Å². The lowest BCUT2D eigenvalue weighted by molar-refractivity contribution is -0.121. The number of anilines is 1. The molecule has 1 amide bonds. The van der Waals surface area contributed by atoms with Gasteiger partial charge in [0, 0.05) is 19.0 Å². The van der Waals surface area contributed by atoms with Crippen molar-refractivity contribution >= 4 is 21.6 Å². The van der Waals surface area contributed by atoms with Crippen molar-refractivity contribution in [3.05, 3.63) is 59.2 Å². The van der Waals surface area contributed by atoms with Gasteiger partial charge in [-0.05, 0) is 49.9 Å². The lowest BCUT2D eigenvalue weighted by atomic mass is 9.97. The first-order valence-electron chi connectivity index (χ1n) is 10.1. The molecular weight excluding hydrogens is 400 g/mol. The quantitative estimate of drug-likeness (QED) is 0.613. The number of hydrogen-bond donors (Lipinski definition) is 1. The highest BCUT2D eigenvalue weighted by Crippen LogP contribution is 2.24. The van der Waals surface area contributed by atoms with E-state index in [1.807, 2.05) is 13.8 Å². The van der Waals surface area contributed by atoms with Gasteiger partial charge in [0.1, 0.15) is 5.75 Å². The first kappa shape index (κ1) is 23.7. The van der Waals surface area contributed by atoms with Crippen molar-refractivity contribution in [2.24, 2.45) is 0 Å². The Hall–Kier alpha value is -2.54. The monoisotopic (exact) mass is 432 g/mol. The SMILES string of the molecule is CCC(NC(=O)CCCN(c1cccc(OC)c1)S(C)(=O)=O)c1ccc(C)cc1C. The number of carbonyl (C=O) groups excluding carboxylic acids is 1. The molecule has 0 aliphatic heterocycles. The Morgan fingerprint density at radius 2 is 1.90 bits per heavy atom. The normalized spacial score (nSPS) is 12.3. The minimum absolute atomic E-state index is 0.0532. The number of ether oxygens (including phenoxy) is 1. The highest BCUT2D eigenvalue weighted by atomic mass is 32.2. The van der Waals surface area contributed by atoms with Crippen LogP contribution in [0.1, 0.15) is 48.9 Å². The molecule has 0 saturated heterocycles. The predicted octanol–water partition coefficient (Wildman–Crippen LogP) is 4.13. The van der Waals surface area contributed by atoms with Gasteiger partial charge in [-0.1, -0.05) is 36.8 Å². The van der Waals surface area contributed by atoms with Crippen LogP contribution in [0.5, 0.6) is 5.75 Å². The van der Waals surface area contributed by atoms with Gasteiger partial charge in [-0.15, -0.1) is 0 Å². The van der Waals surface area contributed by atoms with Crippen LogP contribution in [0, 0.1) is 13.8 Å². The number of carbonyl (C=O) groups is 1. The van der Waals surface area contributed by atoms with Crippen LogP contribution in [-0.4, -0.2) is 34.2 Å². The van der Waals surface area contributed by atoms with Crippen LogP contribution in [-0.2, 0) is 14.8 Å². The lowest BCUT2D eigenvalue weighted by Gasteiger charge is -2.23. The minimum Gasteiger partial charge on any atom is -0.497 e. The van der Waals surface area contributed by atoms with Crippen LogP contribution in [0.15, 0.2) is 42.5 Å². The average molecular weight is 433 g/mol. The molecule has 0 saturated carbocycles. The average Bonchev–Trinajstić information content (AvgIpc) is 2.69. The topological polar surface area (TPSA) is 75.7 Å². The molecule has 2 rings (SSSR count). The molecule has 164 valence electrons. The number of amides is 1. The van der Waals surface area contributed by atoms with E-state index >= 15 is 0 Å². The maximum absolute atomic E-state index is 12.5. The van der Waals surface area contributed by atoms with Crippen LogP contribution in [0.25, 0.3) is 0 Å². The van der Waals surface area contributed by atoms with Crippen LogP contribution in [0.2, 0.25) is 0 Å². The second-order valence-corrected chi connectivity index (χ2v) is 9.44. The molecule has 0 bridgehead atoms. The van der Waals surface area contributed by atoms with Gasteiger partial charge < -0.3 is 10.1 Å². The zero-order chi connectivity index (χ0) is 22.3. The van der Waals surface area contributed by atoms with Crippen molar-refractivity contribution in [2.75, 3.05) is 24.2 Å². The molecule has 0 aliphatic rings. The second kappa shape index (κ2) is 10.5. The van der Waals surface area contributed by atoms with Gasteiger partial charge in [-0.3, -0.25) is 9.10 Å². The number of benzene rings is 2. The summed E-state index contributed by atoms with van der Waals surface area (Å²) < 4.78 is 31.0. The highest BCUT2D eigenvalue weighted by Gasteiger charge is 2.19. The molecule has 7 heteroatoms. The molecule has 0 heterocycles. The third-order valence-electron chi connectivity index (χ3n) is 5.05. The maximum Gasteiger partial charge on any atom is 0.232 e. The smallest absolute Gasteiger partial charge is 0.232 e. The van der Waals surface area contributed by atoms with Crippen molar-refractivity contribution in [1.29, 1.82) is 0 Å². The Bertz CT molecular complexity index is 973. The van der Waals surface area contributed by atoms with E-state index in [0.29, 0.717) is 17.9 Å². The van der Waals surface area contributed by atoms with Crippen molar-refractivity contribution in [2.45, 2.75) is 46.1 Å². The van der Waals surface area contributed by atoms with E-state index in [0.717, 1.165) is 17.5 Å². The van der Waals surface area contributed by atoms with E-state index in [1.165, 1.54) is 23.2 Å². The van der Waals surface area contributed by atoms with Gasteiger partial charge in [-0.25, -0.2) is 8.42 Å². The summed E-state index contributed by atoms with van der Waals surface area (Å²) in [4.78, 5) is 12.5. The van der Waals surface area contributed by atoms with E-state index in [1.54, 1.807) is 24.3 Å². The third-order valence-corrected chi connectivity index (χ3v) is 6.24. The minimum atomic E-state index is -3.48. The highest BCUT2D eigenvalue weighted by molar-refractivity contribution is 7.92. The van der Waals surface area contributed by atoms with Crippen LogP contribution in [0.4, 0.5) is 5.69 Å². The number of methoxy groups -OCH3 is 1. The van der Waals surface area contributed by atoms with Crippen LogP contribution in [0.3, 0.4) is 0 Å². The van der Waals surface area contributed by atoms with Crippen molar-refractivity contribution in [1.82, 2.24) is 5.32 Å². The van der Waals surface area contributed by atoms with E-state index in [2.05, 4.69) is 30.4 Å². The number of nitrogens with zero attached hydrogens (tertiary/aromatic N) is 1. The summed E-state index contributed by atoms with van der Waals surface area (Å²) in [5, 5.41) is 3.09. The van der Waals surface area contributed by atoms with Crippen molar-refractivity contribution in [3.63, 3.8) is 0 Å². The van der Waals surface area contributed by atoms with Gasteiger partial charge in [-0.2, -0.15) is 0 Å². The van der Waals surface area contributed by atoms with Crippen LogP contribution >= 0.6 is 0 Å². The fourth-order valence-electron chi connectivity index (χ4n) is 3.52. The van der Waals surface area contributed by atoms with Gasteiger partial charge in [0.25, 0.3) is 0 Å². The Morgan fingerprint density at radius 3 is 2.50 bits per heavy atom. The largest absolute Gasteiger partial charge is 0.497 e. The van der Waals surface area contributed by atoms with Gasteiger partial charge in [0.05, 0.1) is 25.1 Å². The summed E-state index contributed by atoms with van der Waals surface area (Å²) in [5.74, 6) is 0.499. The molecule has 0 aliphatic carbocycles. The Kier molecular flexibility index (Phi) is 8.29. The number of rotatable bonds is 10. The zero-order valence-electron chi connectivity index (χ0n) is 18.4. The van der Waals surface area contributed by atoms with E-state index in [4.69, 9.17) is 4.74 Å². The molecular formula is C23H32N2O4S. The molecule has 2 aromatic rings. The zero-order valence-corrected chi connectivity index (χ0v) is 19.3. The summed E-state index contributed by atoms with van der Waals surface area (Å²) in [6.07, 6.45) is 2.62.